The van der Waals surface area contributed by atoms with Crippen molar-refractivity contribution >= 4 is 11.6 Å². The molecule has 0 N–H and O–H groups in total. The summed E-state index contributed by atoms with van der Waals surface area (Å²) in [6.07, 6.45) is 6.28. The Morgan fingerprint density at radius 2 is 2.06 bits per heavy atom. The summed E-state index contributed by atoms with van der Waals surface area (Å²) < 4.78 is 0. The first-order valence-corrected chi connectivity index (χ1v) is 6.33. The Balaban J connectivity index is 2.47. The van der Waals surface area contributed by atoms with Gasteiger partial charge in [0.2, 0.25) is 5.91 Å². The fourth-order valence-electron chi connectivity index (χ4n) is 2.29. The van der Waals surface area contributed by atoms with E-state index < -0.39 is 0 Å². The molecule has 2 heteroatoms. The molecule has 18 heavy (non-hydrogen) atoms. The summed E-state index contributed by atoms with van der Waals surface area (Å²) in [7, 11) is 0. The van der Waals surface area contributed by atoms with Crippen molar-refractivity contribution in [1.29, 1.82) is 0 Å². The number of amides is 1. The van der Waals surface area contributed by atoms with Crippen LogP contribution < -0.4 is 4.90 Å². The highest BCUT2D eigenvalue weighted by Crippen LogP contribution is 2.27. The van der Waals surface area contributed by atoms with Crippen molar-refractivity contribution in [2.24, 2.45) is 0 Å². The van der Waals surface area contributed by atoms with Gasteiger partial charge in [-0.1, -0.05) is 18.2 Å². The Hall–Kier alpha value is -1.83. The van der Waals surface area contributed by atoms with E-state index in [0.29, 0.717) is 0 Å². The van der Waals surface area contributed by atoms with Crippen molar-refractivity contribution in [3.63, 3.8) is 0 Å². The molecule has 1 aromatic carbocycles. The average molecular weight is 241 g/mol. The molecule has 1 amide bonds. The topological polar surface area (TPSA) is 20.3 Å². The van der Waals surface area contributed by atoms with Gasteiger partial charge in [-0.05, 0) is 56.0 Å². The maximum Gasteiger partial charge on any atom is 0.228 e. The minimum atomic E-state index is 0.0569. The summed E-state index contributed by atoms with van der Waals surface area (Å²) >= 11 is 0. The van der Waals surface area contributed by atoms with Crippen molar-refractivity contribution in [1.82, 2.24) is 0 Å². The molecule has 0 spiro atoms. The first-order chi connectivity index (χ1) is 8.59. The summed E-state index contributed by atoms with van der Waals surface area (Å²) in [6, 6.07) is 8.06. The number of carbonyl (C=O) groups excluding carboxylic acids is 1. The smallest absolute Gasteiger partial charge is 0.228 e. The van der Waals surface area contributed by atoms with Crippen LogP contribution in [0, 0.1) is 6.92 Å². The fourth-order valence-corrected chi connectivity index (χ4v) is 2.29. The minimum Gasteiger partial charge on any atom is -0.281 e. The van der Waals surface area contributed by atoms with Gasteiger partial charge < -0.3 is 0 Å². The molecule has 2 rings (SSSR count). The predicted molar refractivity (Wildman–Crippen MR) is 75.4 cm³/mol. The standard InChI is InChI=1S/C16H19NO/c1-12-7-6-9-15(11-12)17(14(3)18)16-10-5-4-8-13(16)2/h5-7,9-11H,4,8H2,1-3H3. The van der Waals surface area contributed by atoms with E-state index in [1.165, 1.54) is 5.57 Å². The third kappa shape index (κ3) is 2.53. The minimum absolute atomic E-state index is 0.0569. The average Bonchev–Trinajstić information content (AvgIpc) is 2.32. The van der Waals surface area contributed by atoms with Crippen molar-refractivity contribution in [2.75, 3.05) is 4.90 Å². The molecule has 0 atom stereocenters. The van der Waals surface area contributed by atoms with Crippen LogP contribution in [-0.4, -0.2) is 5.91 Å². The molecule has 1 aromatic rings. The number of carbonyl (C=O) groups is 1. The molecule has 0 aromatic heterocycles. The molecular weight excluding hydrogens is 222 g/mol. The Morgan fingerprint density at radius 1 is 1.28 bits per heavy atom. The van der Waals surface area contributed by atoms with E-state index in [0.717, 1.165) is 29.8 Å². The molecule has 2 nitrogen and oxygen atoms in total. The maximum atomic E-state index is 12.0. The molecular formula is C16H19NO. The largest absolute Gasteiger partial charge is 0.281 e. The van der Waals surface area contributed by atoms with Gasteiger partial charge in [-0.25, -0.2) is 0 Å². The van der Waals surface area contributed by atoms with Crippen LogP contribution in [0.4, 0.5) is 5.69 Å². The molecule has 0 saturated heterocycles. The van der Waals surface area contributed by atoms with E-state index in [9.17, 15) is 4.79 Å². The Labute approximate surface area is 109 Å². The monoisotopic (exact) mass is 241 g/mol. The summed E-state index contributed by atoms with van der Waals surface area (Å²) in [5.41, 5.74) is 4.41. The van der Waals surface area contributed by atoms with Crippen LogP contribution in [-0.2, 0) is 4.79 Å². The Kier molecular flexibility index (Phi) is 3.66. The number of aryl methyl sites for hydroxylation is 1. The van der Waals surface area contributed by atoms with E-state index in [2.05, 4.69) is 19.1 Å². The van der Waals surface area contributed by atoms with Crippen molar-refractivity contribution < 1.29 is 4.79 Å². The second-order valence-electron chi connectivity index (χ2n) is 4.80. The number of allylic oxidation sites excluding steroid dienone is 3. The molecule has 0 saturated carbocycles. The van der Waals surface area contributed by atoms with E-state index in [-0.39, 0.29) is 5.91 Å². The van der Waals surface area contributed by atoms with E-state index in [1.807, 2.05) is 31.2 Å². The molecule has 1 aliphatic carbocycles. The van der Waals surface area contributed by atoms with Crippen molar-refractivity contribution in [2.45, 2.75) is 33.6 Å². The van der Waals surface area contributed by atoms with Crippen LogP contribution in [0.2, 0.25) is 0 Å². The number of benzene rings is 1. The van der Waals surface area contributed by atoms with Crippen LogP contribution in [0.1, 0.15) is 32.3 Å². The van der Waals surface area contributed by atoms with Gasteiger partial charge in [0, 0.05) is 18.3 Å². The summed E-state index contributed by atoms with van der Waals surface area (Å²) in [5.74, 6) is 0.0569. The highest BCUT2D eigenvalue weighted by atomic mass is 16.2. The number of nitrogens with zero attached hydrogens (tertiary/aromatic N) is 1. The van der Waals surface area contributed by atoms with Crippen LogP contribution in [0.5, 0.6) is 0 Å². The zero-order valence-electron chi connectivity index (χ0n) is 11.2. The van der Waals surface area contributed by atoms with E-state index in [1.54, 1.807) is 11.8 Å². The molecule has 0 heterocycles. The van der Waals surface area contributed by atoms with Gasteiger partial charge in [0.15, 0.2) is 0 Å². The van der Waals surface area contributed by atoms with Crippen LogP contribution in [0.25, 0.3) is 0 Å². The Morgan fingerprint density at radius 3 is 2.67 bits per heavy atom. The zero-order valence-corrected chi connectivity index (χ0v) is 11.2. The van der Waals surface area contributed by atoms with Gasteiger partial charge in [-0.3, -0.25) is 9.69 Å². The summed E-state index contributed by atoms with van der Waals surface area (Å²) in [5, 5.41) is 0. The highest BCUT2D eigenvalue weighted by Gasteiger charge is 2.18. The number of anilines is 1. The normalized spacial score (nSPS) is 14.8. The van der Waals surface area contributed by atoms with Crippen LogP contribution in [0.3, 0.4) is 0 Å². The lowest BCUT2D eigenvalue weighted by Crippen LogP contribution is -2.28. The summed E-state index contributed by atoms with van der Waals surface area (Å²) in [6.45, 7) is 5.76. The predicted octanol–water partition coefficient (Wildman–Crippen LogP) is 3.97. The van der Waals surface area contributed by atoms with Crippen molar-refractivity contribution in [3.8, 4) is 0 Å². The van der Waals surface area contributed by atoms with Gasteiger partial charge in [0.25, 0.3) is 0 Å². The van der Waals surface area contributed by atoms with Gasteiger partial charge >= 0.3 is 0 Å². The Bertz CT molecular complexity index is 526. The van der Waals surface area contributed by atoms with Crippen LogP contribution >= 0.6 is 0 Å². The lowest BCUT2D eigenvalue weighted by molar-refractivity contribution is -0.116. The molecule has 94 valence electrons. The zero-order chi connectivity index (χ0) is 13.1. The SMILES string of the molecule is CC(=O)N(C1=C(C)CCC=C1)c1cccc(C)c1. The van der Waals surface area contributed by atoms with E-state index in [4.69, 9.17) is 0 Å². The van der Waals surface area contributed by atoms with Crippen molar-refractivity contribution in [3.05, 3.63) is 53.3 Å². The summed E-state index contributed by atoms with van der Waals surface area (Å²) in [4.78, 5) is 13.8. The molecule has 0 unspecified atom stereocenters. The number of hydrogen-bond donors (Lipinski definition) is 0. The van der Waals surface area contributed by atoms with Gasteiger partial charge in [0.05, 0.1) is 0 Å². The lowest BCUT2D eigenvalue weighted by Gasteiger charge is -2.26. The third-order valence-electron chi connectivity index (χ3n) is 3.21. The third-order valence-corrected chi connectivity index (χ3v) is 3.21. The molecule has 0 bridgehead atoms. The number of hydrogen-bond acceptors (Lipinski definition) is 1. The maximum absolute atomic E-state index is 12.0. The quantitative estimate of drug-likeness (QED) is 0.767. The van der Waals surface area contributed by atoms with Gasteiger partial charge in [-0.15, -0.1) is 0 Å². The molecule has 1 aliphatic rings. The van der Waals surface area contributed by atoms with E-state index >= 15 is 0 Å². The first kappa shape index (κ1) is 12.6. The second kappa shape index (κ2) is 5.21. The second-order valence-corrected chi connectivity index (χ2v) is 4.80. The lowest BCUT2D eigenvalue weighted by atomic mass is 10.0. The van der Waals surface area contributed by atoms with Crippen LogP contribution in [0.15, 0.2) is 47.7 Å². The fraction of sp³-hybridized carbons (Fsp3) is 0.312. The first-order valence-electron chi connectivity index (χ1n) is 6.33. The van der Waals surface area contributed by atoms with Gasteiger partial charge in [-0.2, -0.15) is 0 Å². The highest BCUT2D eigenvalue weighted by molar-refractivity contribution is 5.95. The molecule has 0 fully saturated rings. The number of rotatable bonds is 2. The molecule has 0 aliphatic heterocycles. The molecule has 0 radical (unpaired) electrons. The van der Waals surface area contributed by atoms with Gasteiger partial charge in [0.1, 0.15) is 0 Å².